The normalized spacial score (nSPS) is 11.1. The second-order valence-corrected chi connectivity index (χ2v) is 9.83. The van der Waals surface area contributed by atoms with Gasteiger partial charge in [0.2, 0.25) is 5.91 Å². The highest BCUT2D eigenvalue weighted by atomic mass is 16.6. The maximum Gasteiger partial charge on any atom is 0.410 e. The topological polar surface area (TPSA) is 99.2 Å². The molecule has 0 saturated carbocycles. The van der Waals surface area contributed by atoms with Crippen molar-refractivity contribution in [2.24, 2.45) is 0 Å². The first-order valence-corrected chi connectivity index (χ1v) is 12.2. The molecule has 2 amide bonds. The van der Waals surface area contributed by atoms with Crippen molar-refractivity contribution in [3.63, 3.8) is 0 Å². The van der Waals surface area contributed by atoms with Crippen molar-refractivity contribution in [2.45, 2.75) is 84.3 Å². The number of carboxylic acid groups (broad SMARTS) is 1. The number of carboxylic acids is 1. The number of benzene rings is 1. The molecule has 0 heterocycles. The summed E-state index contributed by atoms with van der Waals surface area (Å²) >= 11 is 0. The van der Waals surface area contributed by atoms with Gasteiger partial charge in [-0.25, -0.2) is 4.79 Å². The predicted octanol–water partition coefficient (Wildman–Crippen LogP) is 4.81. The van der Waals surface area contributed by atoms with E-state index in [4.69, 9.17) is 9.84 Å². The fraction of sp³-hybridized carbons (Fsp3) is 0.654. The van der Waals surface area contributed by atoms with Crippen LogP contribution >= 0.6 is 0 Å². The van der Waals surface area contributed by atoms with Crippen LogP contribution in [0.2, 0.25) is 0 Å². The zero-order valence-corrected chi connectivity index (χ0v) is 21.6. The molecule has 8 nitrogen and oxygen atoms in total. The third kappa shape index (κ3) is 13.7. The number of hydrogen-bond acceptors (Lipinski definition) is 5. The van der Waals surface area contributed by atoms with E-state index in [1.165, 1.54) is 0 Å². The number of nitrogens with zero attached hydrogens (tertiary/aromatic N) is 2. The number of carbonyl (C=O) groups is 3. The second-order valence-electron chi connectivity index (χ2n) is 9.83. The zero-order chi connectivity index (χ0) is 25.6. The Balaban J connectivity index is 2.41. The van der Waals surface area contributed by atoms with Gasteiger partial charge >= 0.3 is 12.1 Å². The maximum absolute atomic E-state index is 12.7. The zero-order valence-electron chi connectivity index (χ0n) is 21.6. The van der Waals surface area contributed by atoms with E-state index >= 15 is 0 Å². The van der Waals surface area contributed by atoms with Crippen LogP contribution in [-0.4, -0.2) is 60.8 Å². The lowest BCUT2D eigenvalue weighted by Gasteiger charge is -2.27. The minimum atomic E-state index is -0.773. The summed E-state index contributed by atoms with van der Waals surface area (Å²) in [5, 5.41) is 11.5. The van der Waals surface area contributed by atoms with Crippen molar-refractivity contribution in [3.8, 4) is 0 Å². The predicted molar refractivity (Wildman–Crippen MR) is 135 cm³/mol. The molecule has 192 valence electrons. The number of unbranched alkanes of at least 4 members (excludes halogenated alkanes) is 4. The fourth-order valence-electron chi connectivity index (χ4n) is 3.34. The molecule has 0 aromatic heterocycles. The van der Waals surface area contributed by atoms with Crippen molar-refractivity contribution in [1.82, 2.24) is 10.2 Å². The van der Waals surface area contributed by atoms with Crippen LogP contribution in [0.5, 0.6) is 0 Å². The molecule has 0 fully saturated rings. The number of anilines is 1. The summed E-state index contributed by atoms with van der Waals surface area (Å²) in [6.45, 7) is 7.15. The van der Waals surface area contributed by atoms with E-state index in [1.807, 2.05) is 64.0 Å². The number of amides is 2. The first-order valence-electron chi connectivity index (χ1n) is 12.2. The van der Waals surface area contributed by atoms with Gasteiger partial charge in [-0.05, 0) is 64.2 Å². The molecule has 1 aromatic rings. The molecule has 0 atom stereocenters. The van der Waals surface area contributed by atoms with Gasteiger partial charge in [0.05, 0.1) is 0 Å². The van der Waals surface area contributed by atoms with E-state index in [2.05, 4.69) is 5.32 Å². The molecule has 0 unspecified atom stereocenters. The third-order valence-corrected chi connectivity index (χ3v) is 5.20. The molecule has 8 heteroatoms. The number of ether oxygens (including phenoxy) is 1. The summed E-state index contributed by atoms with van der Waals surface area (Å²) in [5.74, 6) is -0.756. The quantitative estimate of drug-likeness (QED) is 0.352. The summed E-state index contributed by atoms with van der Waals surface area (Å²) < 4.78 is 5.59. The highest BCUT2D eigenvalue weighted by Gasteiger charge is 2.22. The van der Waals surface area contributed by atoms with Crippen LogP contribution < -0.4 is 10.2 Å². The van der Waals surface area contributed by atoms with E-state index in [0.29, 0.717) is 32.5 Å². The summed E-state index contributed by atoms with van der Waals surface area (Å²) in [7, 11) is 3.98. The Morgan fingerprint density at radius 2 is 1.53 bits per heavy atom. The molecule has 2 N–H and O–H groups in total. The number of hydrogen-bond donors (Lipinski definition) is 2. The first-order chi connectivity index (χ1) is 16.0. The van der Waals surface area contributed by atoms with Gasteiger partial charge in [-0.15, -0.1) is 0 Å². The van der Waals surface area contributed by atoms with Gasteiger partial charge in [-0.3, -0.25) is 9.59 Å². The molecule has 0 saturated heterocycles. The van der Waals surface area contributed by atoms with Crippen molar-refractivity contribution >= 4 is 23.7 Å². The molecule has 0 aliphatic heterocycles. The molecule has 1 rings (SSSR count). The third-order valence-electron chi connectivity index (χ3n) is 5.20. The standard InChI is InChI=1S/C26H43N3O5/c1-26(2,3)34-25(33)29(20-21-14-16-22(17-15-21)28(4)5)19-11-10-18-27-23(30)12-8-6-7-9-13-24(31)32/h14-17H,6-13,18-20H2,1-5H3,(H,27,30)(H,31,32). The van der Waals surface area contributed by atoms with Crippen LogP contribution in [0.25, 0.3) is 0 Å². The SMILES string of the molecule is CN(C)c1ccc(CN(CCCCNC(=O)CCCCCCC(=O)O)C(=O)OC(C)(C)C)cc1. The van der Waals surface area contributed by atoms with E-state index in [1.54, 1.807) is 4.90 Å². The van der Waals surface area contributed by atoms with Gasteiger partial charge in [-0.2, -0.15) is 0 Å². The Labute approximate surface area is 204 Å². The van der Waals surface area contributed by atoms with Gasteiger partial charge in [-0.1, -0.05) is 25.0 Å². The highest BCUT2D eigenvalue weighted by Crippen LogP contribution is 2.17. The van der Waals surface area contributed by atoms with Gasteiger partial charge in [0, 0.05) is 52.3 Å². The average molecular weight is 478 g/mol. The van der Waals surface area contributed by atoms with Gasteiger partial charge in [0.15, 0.2) is 0 Å². The van der Waals surface area contributed by atoms with Crippen molar-refractivity contribution in [1.29, 1.82) is 0 Å². The number of rotatable bonds is 15. The van der Waals surface area contributed by atoms with Gasteiger partial charge in [0.25, 0.3) is 0 Å². The van der Waals surface area contributed by atoms with E-state index < -0.39 is 11.6 Å². The summed E-state index contributed by atoms with van der Waals surface area (Å²) in [4.78, 5) is 38.9. The Kier molecular flexibility index (Phi) is 13.1. The molecule has 0 bridgehead atoms. The van der Waals surface area contributed by atoms with E-state index in [-0.39, 0.29) is 18.4 Å². The minimum Gasteiger partial charge on any atom is -0.481 e. The lowest BCUT2D eigenvalue weighted by Crippen LogP contribution is -2.37. The van der Waals surface area contributed by atoms with Crippen LogP contribution in [0.1, 0.15) is 77.7 Å². The largest absolute Gasteiger partial charge is 0.481 e. The molecular weight excluding hydrogens is 434 g/mol. The molecular formula is C26H43N3O5. The average Bonchev–Trinajstić information content (AvgIpc) is 2.74. The number of nitrogens with one attached hydrogen (secondary N) is 1. The van der Waals surface area contributed by atoms with E-state index in [0.717, 1.165) is 43.4 Å². The van der Waals surface area contributed by atoms with Crippen molar-refractivity contribution < 1.29 is 24.2 Å². The Hall–Kier alpha value is -2.77. The molecule has 34 heavy (non-hydrogen) atoms. The lowest BCUT2D eigenvalue weighted by molar-refractivity contribution is -0.137. The summed E-state index contributed by atoms with van der Waals surface area (Å²) in [6, 6.07) is 8.11. The molecule has 0 aliphatic rings. The maximum atomic E-state index is 12.7. The highest BCUT2D eigenvalue weighted by molar-refractivity contribution is 5.75. The molecule has 0 spiro atoms. The molecule has 0 radical (unpaired) electrons. The Bertz CT molecular complexity index is 757. The second kappa shape index (κ2) is 15.2. The van der Waals surface area contributed by atoms with E-state index in [9.17, 15) is 14.4 Å². The first kappa shape index (κ1) is 29.3. The summed E-state index contributed by atoms with van der Waals surface area (Å²) in [5.41, 5.74) is 1.57. The minimum absolute atomic E-state index is 0.0169. The Morgan fingerprint density at radius 3 is 2.09 bits per heavy atom. The number of aliphatic carboxylic acids is 1. The summed E-state index contributed by atoms with van der Waals surface area (Å²) in [6.07, 6.45) is 4.95. The monoisotopic (exact) mass is 477 g/mol. The van der Waals surface area contributed by atoms with Crippen LogP contribution in [0.15, 0.2) is 24.3 Å². The molecule has 0 aliphatic carbocycles. The van der Waals surface area contributed by atoms with Crippen molar-refractivity contribution in [2.75, 3.05) is 32.1 Å². The Morgan fingerprint density at radius 1 is 0.912 bits per heavy atom. The molecule has 1 aromatic carbocycles. The van der Waals surface area contributed by atoms with Crippen LogP contribution in [0.4, 0.5) is 10.5 Å². The smallest absolute Gasteiger partial charge is 0.410 e. The van der Waals surface area contributed by atoms with Crippen LogP contribution in [-0.2, 0) is 20.9 Å². The number of carbonyl (C=O) groups excluding carboxylic acids is 2. The van der Waals surface area contributed by atoms with Crippen LogP contribution in [0.3, 0.4) is 0 Å². The lowest BCUT2D eigenvalue weighted by atomic mass is 10.1. The fourth-order valence-corrected chi connectivity index (χ4v) is 3.34. The van der Waals surface area contributed by atoms with Crippen molar-refractivity contribution in [3.05, 3.63) is 29.8 Å². The van der Waals surface area contributed by atoms with Crippen LogP contribution in [0, 0.1) is 0 Å². The van der Waals surface area contributed by atoms with Gasteiger partial charge < -0.3 is 25.0 Å². The van der Waals surface area contributed by atoms with Gasteiger partial charge in [0.1, 0.15) is 5.60 Å².